The van der Waals surface area contributed by atoms with Crippen LogP contribution in [0.5, 0.6) is 0 Å². The predicted molar refractivity (Wildman–Crippen MR) is 282 cm³/mol. The maximum atomic E-state index is 14.1. The summed E-state index contributed by atoms with van der Waals surface area (Å²) in [7, 11) is -3.97. The largest absolute Gasteiger partial charge is 0.459 e. The molecule has 78 heavy (non-hydrogen) atoms. The van der Waals surface area contributed by atoms with Crippen LogP contribution in [0, 0.1) is 11.8 Å². The molecule has 0 unspecified atom stereocenters. The second-order valence-corrected chi connectivity index (χ2v) is 21.1. The molecule has 0 aliphatic carbocycles. The van der Waals surface area contributed by atoms with Crippen LogP contribution in [-0.2, 0) is 67.6 Å². The van der Waals surface area contributed by atoms with Crippen LogP contribution in [-0.4, -0.2) is 187 Å². The van der Waals surface area contributed by atoms with Gasteiger partial charge in [-0.05, 0) is 57.9 Å². The molecular formula is C49H85N11O17S. The van der Waals surface area contributed by atoms with Crippen molar-refractivity contribution in [2.24, 2.45) is 23.3 Å². The van der Waals surface area contributed by atoms with Gasteiger partial charge < -0.3 is 73.9 Å². The summed E-state index contributed by atoms with van der Waals surface area (Å²) in [5.74, 6) is -13.7. The highest BCUT2D eigenvalue weighted by Crippen LogP contribution is 2.15. The number of Topliss-reactive ketones (excluding diaryl/α,β-unsaturated/α-hetero) is 1. The summed E-state index contributed by atoms with van der Waals surface area (Å²) in [4.78, 5) is 150. The second-order valence-electron chi connectivity index (χ2n) is 19.6. The minimum Gasteiger partial charge on any atom is -0.459 e. The fourth-order valence-electron chi connectivity index (χ4n) is 7.80. The maximum absolute atomic E-state index is 14.1. The van der Waals surface area contributed by atoms with E-state index in [-0.39, 0.29) is 25.8 Å². The van der Waals surface area contributed by atoms with E-state index in [1.807, 2.05) is 0 Å². The number of ether oxygens (including phenoxy) is 1. The number of nitrogens with zero attached hydrogens (tertiary/aromatic N) is 1. The standard InChI is InChI=1S/C49H85N11O17S/c1-8-29(5)18-14-12-10-11-13-15-19-31(63)22-38(64)52-37(27-78(74,75)76)46(70)59-41-30(6)77-39(65)24-60(7)49(73)33(20-16-17-21-50)54-44(68)35(25-61)56-47(71)40(28(3)4)58-42(66)32(9-2)53-43(67)34(23-51)55-45(69)36(26-62)57-48(41)72/h9,28-30,33-37,40-41,61-62H,8,10-27,50-51H2,1-7H3,(H,52,64)(H,53,67)(H,54,68)(H,55,69)(H,56,71)(H,57,72)(H,58,66)(H,59,70)(H,74,75,76)/b32-9-/t29-,30+,33-,34-,35-,36-,37-,40-,41-/m0/s1. The molecule has 0 aromatic rings. The molecule has 1 aliphatic heterocycles. The van der Waals surface area contributed by atoms with E-state index in [1.54, 1.807) is 0 Å². The molecule has 0 aromatic carbocycles. The molecule has 0 radical (unpaired) electrons. The number of carbonyl (C=O) groups excluding carboxylic acids is 11. The Hall–Kier alpha value is -6.14. The minimum absolute atomic E-state index is 0.00211. The lowest BCUT2D eigenvalue weighted by atomic mass is 9.99. The van der Waals surface area contributed by atoms with Crippen molar-refractivity contribution in [3.63, 3.8) is 0 Å². The first kappa shape index (κ1) is 69.9. The van der Waals surface area contributed by atoms with Gasteiger partial charge in [0.25, 0.3) is 16.0 Å². The smallest absolute Gasteiger partial charge is 0.325 e. The van der Waals surface area contributed by atoms with Gasteiger partial charge in [0.2, 0.25) is 47.3 Å². The van der Waals surface area contributed by atoms with Gasteiger partial charge in [0, 0.05) is 20.0 Å². The molecule has 444 valence electrons. The van der Waals surface area contributed by atoms with Crippen LogP contribution in [0.15, 0.2) is 11.8 Å². The van der Waals surface area contributed by atoms with Crippen LogP contribution >= 0.6 is 0 Å². The number of rotatable bonds is 25. The maximum Gasteiger partial charge on any atom is 0.325 e. The second kappa shape index (κ2) is 36.1. The molecule has 29 heteroatoms. The van der Waals surface area contributed by atoms with Crippen LogP contribution in [0.4, 0.5) is 0 Å². The number of carbonyl (C=O) groups is 11. The Bertz CT molecular complexity index is 2200. The number of nitrogens with two attached hydrogens (primary N) is 2. The third-order valence-corrected chi connectivity index (χ3v) is 13.4. The van der Waals surface area contributed by atoms with Gasteiger partial charge in [-0.3, -0.25) is 57.3 Å². The van der Waals surface area contributed by atoms with Crippen molar-refractivity contribution in [3.8, 4) is 0 Å². The zero-order valence-corrected chi connectivity index (χ0v) is 46.7. The number of aliphatic hydroxyl groups is 2. The molecule has 1 heterocycles. The van der Waals surface area contributed by atoms with Crippen molar-refractivity contribution in [1.82, 2.24) is 47.4 Å². The fraction of sp³-hybridized carbons (Fsp3) is 0.735. The number of allylic oxidation sites excluding steroid dienone is 1. The highest BCUT2D eigenvalue weighted by molar-refractivity contribution is 7.85. The summed E-state index contributed by atoms with van der Waals surface area (Å²) < 4.78 is 39.5. The zero-order valence-electron chi connectivity index (χ0n) is 45.9. The van der Waals surface area contributed by atoms with Crippen molar-refractivity contribution in [2.75, 3.05) is 45.6 Å². The molecular weight excluding hydrogens is 1050 g/mol. The van der Waals surface area contributed by atoms with Crippen molar-refractivity contribution in [3.05, 3.63) is 11.8 Å². The third-order valence-electron chi connectivity index (χ3n) is 12.7. The Morgan fingerprint density at radius 2 is 1.35 bits per heavy atom. The Labute approximate surface area is 456 Å². The van der Waals surface area contributed by atoms with Crippen LogP contribution in [0.3, 0.4) is 0 Å². The Morgan fingerprint density at radius 3 is 1.88 bits per heavy atom. The van der Waals surface area contributed by atoms with Crippen LogP contribution in [0.1, 0.15) is 125 Å². The average Bonchev–Trinajstić information content (AvgIpc) is 3.37. The van der Waals surface area contributed by atoms with E-state index >= 15 is 0 Å². The normalized spacial score (nSPS) is 23.5. The molecule has 0 bridgehead atoms. The van der Waals surface area contributed by atoms with Gasteiger partial charge in [-0.1, -0.05) is 78.7 Å². The number of esters is 1. The number of hydrogen-bond acceptors (Lipinski definition) is 18. The highest BCUT2D eigenvalue weighted by atomic mass is 32.2. The van der Waals surface area contributed by atoms with Gasteiger partial charge in [-0.25, -0.2) is 0 Å². The van der Waals surface area contributed by atoms with Gasteiger partial charge in [0.1, 0.15) is 72.2 Å². The van der Waals surface area contributed by atoms with Crippen LogP contribution in [0.25, 0.3) is 0 Å². The van der Waals surface area contributed by atoms with Gasteiger partial charge in [-0.15, -0.1) is 0 Å². The van der Waals surface area contributed by atoms with E-state index in [0.717, 1.165) is 63.5 Å². The van der Waals surface area contributed by atoms with Gasteiger partial charge in [-0.2, -0.15) is 8.42 Å². The van der Waals surface area contributed by atoms with Gasteiger partial charge in [0.05, 0.1) is 19.6 Å². The third kappa shape index (κ3) is 26.0. The van der Waals surface area contributed by atoms with E-state index < -0.39 is 174 Å². The Morgan fingerprint density at radius 1 is 0.782 bits per heavy atom. The molecule has 1 aliphatic rings. The highest BCUT2D eigenvalue weighted by Gasteiger charge is 2.38. The van der Waals surface area contributed by atoms with E-state index in [0.29, 0.717) is 25.2 Å². The fourth-order valence-corrected chi connectivity index (χ4v) is 8.46. The molecule has 9 atom stereocenters. The minimum atomic E-state index is -5.10. The number of hydrogen-bond donors (Lipinski definition) is 13. The lowest BCUT2D eigenvalue weighted by Gasteiger charge is -2.29. The van der Waals surface area contributed by atoms with Crippen molar-refractivity contribution in [2.45, 2.75) is 173 Å². The first-order chi connectivity index (χ1) is 36.7. The summed E-state index contributed by atoms with van der Waals surface area (Å²) in [6.45, 7) is 6.23. The summed E-state index contributed by atoms with van der Waals surface area (Å²) in [5, 5.41) is 38.5. The first-order valence-corrected chi connectivity index (χ1v) is 27.9. The number of amides is 9. The van der Waals surface area contributed by atoms with Crippen molar-refractivity contribution >= 4 is 75.0 Å². The quantitative estimate of drug-likeness (QED) is 0.0139. The van der Waals surface area contributed by atoms with Gasteiger partial charge >= 0.3 is 5.97 Å². The van der Waals surface area contributed by atoms with E-state index in [1.165, 1.54) is 20.8 Å². The lowest BCUT2D eigenvalue weighted by Crippen LogP contribution is -2.63. The first-order valence-electron chi connectivity index (χ1n) is 26.3. The van der Waals surface area contributed by atoms with E-state index in [4.69, 9.17) is 16.2 Å². The monoisotopic (exact) mass is 1130 g/mol. The lowest BCUT2D eigenvalue weighted by molar-refractivity contribution is -0.156. The topological polar surface area (TPSA) is 443 Å². The van der Waals surface area contributed by atoms with Crippen molar-refractivity contribution in [1.29, 1.82) is 0 Å². The molecule has 15 N–H and O–H groups in total. The number of aliphatic hydroxyl groups excluding tert-OH is 2. The van der Waals surface area contributed by atoms with E-state index in [2.05, 4.69) is 56.4 Å². The number of nitrogens with one attached hydrogen (secondary N) is 8. The molecule has 0 saturated carbocycles. The molecule has 1 saturated heterocycles. The Balaban J connectivity index is 3.70. The molecule has 1 rings (SSSR count). The molecule has 28 nitrogen and oxygen atoms in total. The summed E-state index contributed by atoms with van der Waals surface area (Å²) in [5.41, 5.74) is 11.0. The number of cyclic esters (lactones) is 1. The molecule has 1 fully saturated rings. The summed E-state index contributed by atoms with van der Waals surface area (Å²) in [6, 6.07) is -12.6. The number of unbranched alkanes of at least 4 members (excludes halogenated alkanes) is 6. The van der Waals surface area contributed by atoms with Crippen LogP contribution in [0.2, 0.25) is 0 Å². The molecule has 9 amide bonds. The number of likely N-dealkylation sites (N-methyl/N-ethyl adjacent to an activating group) is 1. The van der Waals surface area contributed by atoms with E-state index in [9.17, 15) is 75.9 Å². The molecule has 0 spiro atoms. The molecule has 0 aromatic heterocycles. The SMILES string of the molecule is C/C=C1\NC(=O)[C@H](CN)NC(=O)[C@H](CO)NC(=O)[C@@H](NC(=O)[C@H](CS(=O)(=O)O)NC(=O)CC(=O)CCCCCCCC[C@@H](C)CC)[C@@H](C)OC(=O)CN(C)C(=O)[C@H](CCCCN)NC(=O)[C@H](CO)NC(=O)[C@H](C(C)C)NC1=O. The van der Waals surface area contributed by atoms with Gasteiger partial charge in [0.15, 0.2) is 0 Å². The Kier molecular flexibility index (Phi) is 32.3. The average molecular weight is 1130 g/mol. The zero-order chi connectivity index (χ0) is 59.3. The van der Waals surface area contributed by atoms with Crippen molar-refractivity contribution < 1.29 is 80.7 Å². The predicted octanol–water partition coefficient (Wildman–Crippen LogP) is -3.45. The summed E-state index contributed by atoms with van der Waals surface area (Å²) >= 11 is 0. The van der Waals surface area contributed by atoms with Crippen LogP contribution < -0.4 is 54.0 Å². The number of ketones is 1. The summed E-state index contributed by atoms with van der Waals surface area (Å²) in [6.07, 6.45) is 6.47.